The Hall–Kier alpha value is -1.22. The molecule has 1 aromatic carbocycles. The molecule has 0 saturated carbocycles. The molecule has 0 aliphatic carbocycles. The van der Waals surface area contributed by atoms with Crippen LogP contribution in [0.3, 0.4) is 0 Å². The van der Waals surface area contributed by atoms with Crippen LogP contribution in [0.25, 0.3) is 0 Å². The molecule has 1 aromatic rings. The second-order valence-corrected chi connectivity index (χ2v) is 5.17. The van der Waals surface area contributed by atoms with Crippen LogP contribution in [0.15, 0.2) is 23.4 Å². The Kier molecular flexibility index (Phi) is 4.82. The van der Waals surface area contributed by atoms with Crippen LogP contribution in [-0.4, -0.2) is 19.9 Å². The van der Waals surface area contributed by atoms with Gasteiger partial charge in [-0.15, -0.1) is 5.16 Å². The highest BCUT2D eigenvalue weighted by Crippen LogP contribution is 2.24. The zero-order chi connectivity index (χ0) is 12.9. The first kappa shape index (κ1) is 13.8. The monoisotopic (exact) mass is 255 g/mol. The summed E-state index contributed by atoms with van der Waals surface area (Å²) in [7, 11) is 0. The van der Waals surface area contributed by atoms with Crippen LogP contribution in [0, 0.1) is 12.3 Å². The number of halogens is 1. The highest BCUT2D eigenvalue weighted by molar-refractivity contribution is 6.31. The Labute approximate surface area is 107 Å². The van der Waals surface area contributed by atoms with Crippen LogP contribution in [-0.2, 0) is 4.84 Å². The van der Waals surface area contributed by atoms with E-state index in [1.54, 1.807) is 0 Å². The van der Waals surface area contributed by atoms with E-state index in [9.17, 15) is 0 Å². The van der Waals surface area contributed by atoms with Crippen molar-refractivity contribution in [2.45, 2.75) is 20.8 Å². The van der Waals surface area contributed by atoms with Gasteiger partial charge in [0.2, 0.25) is 0 Å². The summed E-state index contributed by atoms with van der Waals surface area (Å²) < 4.78 is 5.68. The fourth-order valence-electron chi connectivity index (χ4n) is 1.20. The van der Waals surface area contributed by atoms with Gasteiger partial charge in [0, 0.05) is 17.2 Å². The van der Waals surface area contributed by atoms with Crippen LogP contribution in [0.4, 0.5) is 0 Å². The van der Waals surface area contributed by atoms with E-state index in [0.717, 1.165) is 11.3 Å². The Morgan fingerprint density at radius 2 is 2.06 bits per heavy atom. The lowest BCUT2D eigenvalue weighted by atomic mass is 9.96. The molecule has 17 heavy (non-hydrogen) atoms. The molecule has 0 atom stereocenters. The third kappa shape index (κ3) is 4.65. The zero-order valence-electron chi connectivity index (χ0n) is 10.5. The van der Waals surface area contributed by atoms with Crippen molar-refractivity contribution < 1.29 is 9.57 Å². The Bertz CT molecular complexity index is 391. The van der Waals surface area contributed by atoms with Crippen molar-refractivity contribution in [3.8, 4) is 5.75 Å². The summed E-state index contributed by atoms with van der Waals surface area (Å²) in [6.07, 6.45) is 0. The topological polar surface area (TPSA) is 30.8 Å². The first-order valence-corrected chi connectivity index (χ1v) is 5.79. The predicted octanol–water partition coefficient (Wildman–Crippen LogP) is 3.69. The van der Waals surface area contributed by atoms with Crippen molar-refractivity contribution in [2.75, 3.05) is 13.2 Å². The molecule has 94 valence electrons. The van der Waals surface area contributed by atoms with Gasteiger partial charge in [-0.05, 0) is 24.6 Å². The summed E-state index contributed by atoms with van der Waals surface area (Å²) in [4.78, 5) is 4.94. The Balaban J connectivity index is 2.54. The first-order valence-electron chi connectivity index (χ1n) is 5.41. The number of hydrogen-bond acceptors (Lipinski definition) is 3. The van der Waals surface area contributed by atoms with Crippen LogP contribution in [0.1, 0.15) is 19.4 Å². The van der Waals surface area contributed by atoms with E-state index in [0.29, 0.717) is 18.2 Å². The molecule has 0 radical (unpaired) electrons. The van der Waals surface area contributed by atoms with Crippen LogP contribution in [0.2, 0.25) is 5.02 Å². The number of aryl methyl sites for hydroxylation is 1. The van der Waals surface area contributed by atoms with E-state index < -0.39 is 0 Å². The molecule has 0 aliphatic rings. The van der Waals surface area contributed by atoms with Gasteiger partial charge in [-0.25, -0.2) is 0 Å². The van der Waals surface area contributed by atoms with Crippen LogP contribution < -0.4 is 4.74 Å². The summed E-state index contributed by atoms with van der Waals surface area (Å²) in [6.45, 7) is 10.3. The van der Waals surface area contributed by atoms with Gasteiger partial charge in [-0.1, -0.05) is 31.5 Å². The summed E-state index contributed by atoms with van der Waals surface area (Å²) in [5, 5.41) is 4.09. The minimum absolute atomic E-state index is 0.126. The number of oxime groups is 1. The molecule has 0 fully saturated rings. The first-order chi connectivity index (χ1) is 7.94. The van der Waals surface area contributed by atoms with E-state index >= 15 is 0 Å². The van der Waals surface area contributed by atoms with Crippen molar-refractivity contribution in [1.82, 2.24) is 0 Å². The van der Waals surface area contributed by atoms with Crippen molar-refractivity contribution in [1.29, 1.82) is 0 Å². The Morgan fingerprint density at radius 3 is 2.65 bits per heavy atom. The SMILES string of the molecule is C=NOCC(C)(C)COc1ccc(C)c(Cl)c1. The molecule has 1 rings (SSSR count). The fraction of sp³-hybridized carbons (Fsp3) is 0.462. The summed E-state index contributed by atoms with van der Waals surface area (Å²) >= 11 is 6.02. The number of nitrogens with zero attached hydrogens (tertiary/aromatic N) is 1. The lowest BCUT2D eigenvalue weighted by molar-refractivity contribution is 0.0394. The van der Waals surface area contributed by atoms with Crippen LogP contribution >= 0.6 is 11.6 Å². The van der Waals surface area contributed by atoms with Crippen LogP contribution in [0.5, 0.6) is 5.75 Å². The molecule has 3 nitrogen and oxygen atoms in total. The van der Waals surface area contributed by atoms with Crippen molar-refractivity contribution in [3.63, 3.8) is 0 Å². The molecule has 0 bridgehead atoms. The third-order valence-electron chi connectivity index (χ3n) is 2.32. The second-order valence-electron chi connectivity index (χ2n) is 4.77. The normalized spacial score (nSPS) is 11.1. The van der Waals surface area contributed by atoms with Gasteiger partial charge in [0.15, 0.2) is 0 Å². The van der Waals surface area contributed by atoms with Gasteiger partial charge in [-0.3, -0.25) is 0 Å². The quantitative estimate of drug-likeness (QED) is 0.573. The average molecular weight is 256 g/mol. The zero-order valence-corrected chi connectivity index (χ0v) is 11.3. The van der Waals surface area contributed by atoms with Gasteiger partial charge >= 0.3 is 0 Å². The number of benzene rings is 1. The number of rotatable bonds is 6. The minimum atomic E-state index is -0.126. The second kappa shape index (κ2) is 5.92. The number of hydrogen-bond donors (Lipinski definition) is 0. The van der Waals surface area contributed by atoms with E-state index in [4.69, 9.17) is 21.2 Å². The smallest absolute Gasteiger partial charge is 0.125 e. The van der Waals surface area contributed by atoms with Gasteiger partial charge in [-0.2, -0.15) is 0 Å². The molecule has 0 heterocycles. The molecule has 0 N–H and O–H groups in total. The maximum Gasteiger partial charge on any atom is 0.125 e. The van der Waals surface area contributed by atoms with Crippen molar-refractivity contribution in [2.24, 2.45) is 10.6 Å². The standard InChI is InChI=1S/C13H18ClNO2/c1-10-5-6-11(7-12(10)14)16-8-13(2,3)9-17-15-4/h5-7H,4,8-9H2,1-3H3. The molecule has 0 spiro atoms. The summed E-state index contributed by atoms with van der Waals surface area (Å²) in [5.74, 6) is 0.764. The number of ether oxygens (including phenoxy) is 1. The lowest BCUT2D eigenvalue weighted by Crippen LogP contribution is -2.26. The van der Waals surface area contributed by atoms with E-state index in [1.807, 2.05) is 39.0 Å². The van der Waals surface area contributed by atoms with Gasteiger partial charge < -0.3 is 9.57 Å². The van der Waals surface area contributed by atoms with Gasteiger partial charge in [0.05, 0.1) is 6.61 Å². The van der Waals surface area contributed by atoms with Crippen molar-refractivity contribution in [3.05, 3.63) is 28.8 Å². The summed E-state index contributed by atoms with van der Waals surface area (Å²) in [5.41, 5.74) is 0.913. The molecular weight excluding hydrogens is 238 g/mol. The van der Waals surface area contributed by atoms with E-state index in [1.165, 1.54) is 0 Å². The molecule has 0 saturated heterocycles. The maximum absolute atomic E-state index is 6.02. The predicted molar refractivity (Wildman–Crippen MR) is 71.0 cm³/mol. The van der Waals surface area contributed by atoms with Crippen molar-refractivity contribution >= 4 is 18.3 Å². The Morgan fingerprint density at radius 1 is 1.35 bits per heavy atom. The molecule has 4 heteroatoms. The largest absolute Gasteiger partial charge is 0.493 e. The fourth-order valence-corrected chi connectivity index (χ4v) is 1.37. The highest BCUT2D eigenvalue weighted by Gasteiger charge is 2.20. The van der Waals surface area contributed by atoms with E-state index in [2.05, 4.69) is 11.9 Å². The van der Waals surface area contributed by atoms with E-state index in [-0.39, 0.29) is 5.41 Å². The van der Waals surface area contributed by atoms with Gasteiger partial charge in [0.25, 0.3) is 0 Å². The molecular formula is C13H18ClNO2. The third-order valence-corrected chi connectivity index (χ3v) is 2.73. The summed E-state index contributed by atoms with van der Waals surface area (Å²) in [6, 6.07) is 5.66. The molecule has 0 amide bonds. The molecule has 0 aliphatic heterocycles. The lowest BCUT2D eigenvalue weighted by Gasteiger charge is -2.23. The van der Waals surface area contributed by atoms with Gasteiger partial charge in [0.1, 0.15) is 12.4 Å². The average Bonchev–Trinajstić information content (AvgIpc) is 2.28. The molecule has 0 unspecified atom stereocenters. The molecule has 0 aromatic heterocycles. The highest BCUT2D eigenvalue weighted by atomic mass is 35.5. The minimum Gasteiger partial charge on any atom is -0.493 e. The maximum atomic E-state index is 6.02.